The Balaban J connectivity index is 1.54. The Labute approximate surface area is 175 Å². The molecule has 0 fully saturated rings. The van der Waals surface area contributed by atoms with E-state index in [1.165, 1.54) is 0 Å². The molecular formula is C23H23ClN2O3. The van der Waals surface area contributed by atoms with E-state index in [0.717, 1.165) is 16.8 Å². The molecule has 0 saturated heterocycles. The van der Waals surface area contributed by atoms with Gasteiger partial charge < -0.3 is 20.1 Å². The van der Waals surface area contributed by atoms with Crippen molar-refractivity contribution in [2.45, 2.75) is 13.5 Å². The van der Waals surface area contributed by atoms with Gasteiger partial charge in [-0.05, 0) is 48.4 Å². The second-order valence-corrected chi connectivity index (χ2v) is 6.93. The smallest absolute Gasteiger partial charge is 0.262 e. The summed E-state index contributed by atoms with van der Waals surface area (Å²) in [5.74, 6) is 0.829. The third-order valence-electron chi connectivity index (χ3n) is 4.26. The maximum Gasteiger partial charge on any atom is 0.262 e. The maximum atomic E-state index is 12.2. The van der Waals surface area contributed by atoms with E-state index in [1.807, 2.05) is 55.5 Å². The molecule has 0 aliphatic rings. The van der Waals surface area contributed by atoms with Crippen LogP contribution < -0.4 is 20.1 Å². The lowest BCUT2D eigenvalue weighted by molar-refractivity contribution is -0.118. The van der Waals surface area contributed by atoms with E-state index in [2.05, 4.69) is 10.6 Å². The van der Waals surface area contributed by atoms with Crippen LogP contribution in [0.5, 0.6) is 11.5 Å². The summed E-state index contributed by atoms with van der Waals surface area (Å²) >= 11 is 6.34. The number of methoxy groups -OCH3 is 1. The predicted octanol–water partition coefficient (Wildman–Crippen LogP) is 5.29. The van der Waals surface area contributed by atoms with Gasteiger partial charge in [-0.3, -0.25) is 4.79 Å². The monoisotopic (exact) mass is 410 g/mol. The summed E-state index contributed by atoms with van der Waals surface area (Å²) in [5, 5.41) is 6.60. The molecule has 0 heterocycles. The number of carbonyl (C=O) groups excluding carboxylic acids is 1. The quantitative estimate of drug-likeness (QED) is 0.530. The van der Waals surface area contributed by atoms with Crippen LogP contribution in [0, 0.1) is 6.92 Å². The Hall–Kier alpha value is -3.18. The fourth-order valence-corrected chi connectivity index (χ4v) is 3.01. The van der Waals surface area contributed by atoms with Crippen molar-refractivity contribution in [3.8, 4) is 11.5 Å². The van der Waals surface area contributed by atoms with E-state index in [1.54, 1.807) is 25.3 Å². The summed E-state index contributed by atoms with van der Waals surface area (Å²) in [4.78, 5) is 12.2. The second-order valence-electron chi connectivity index (χ2n) is 6.52. The summed E-state index contributed by atoms with van der Waals surface area (Å²) in [7, 11) is 1.57. The lowest BCUT2D eigenvalue weighted by Crippen LogP contribution is -2.20. The van der Waals surface area contributed by atoms with Crippen LogP contribution in [-0.4, -0.2) is 19.6 Å². The Bertz CT molecular complexity index is 977. The summed E-state index contributed by atoms with van der Waals surface area (Å²) in [6.45, 7) is 2.49. The number of rotatable bonds is 8. The summed E-state index contributed by atoms with van der Waals surface area (Å²) in [6.07, 6.45) is 0. The van der Waals surface area contributed by atoms with E-state index in [9.17, 15) is 4.79 Å². The van der Waals surface area contributed by atoms with Gasteiger partial charge in [0.25, 0.3) is 5.91 Å². The second kappa shape index (κ2) is 9.85. The van der Waals surface area contributed by atoms with Gasteiger partial charge in [0.05, 0.1) is 17.8 Å². The molecule has 0 aliphatic heterocycles. The van der Waals surface area contributed by atoms with E-state index in [0.29, 0.717) is 28.8 Å². The number of anilines is 2. The number of amides is 1. The molecular weight excluding hydrogens is 388 g/mol. The normalized spacial score (nSPS) is 10.3. The first-order valence-corrected chi connectivity index (χ1v) is 9.57. The van der Waals surface area contributed by atoms with Crippen LogP contribution >= 0.6 is 11.6 Å². The zero-order valence-corrected chi connectivity index (χ0v) is 17.1. The van der Waals surface area contributed by atoms with Crippen LogP contribution in [0.3, 0.4) is 0 Å². The van der Waals surface area contributed by atoms with Crippen molar-refractivity contribution in [2.24, 2.45) is 0 Å². The minimum absolute atomic E-state index is 0.134. The van der Waals surface area contributed by atoms with E-state index in [-0.39, 0.29) is 12.5 Å². The first kappa shape index (κ1) is 20.6. The molecule has 0 saturated carbocycles. The number of carbonyl (C=O) groups is 1. The zero-order valence-electron chi connectivity index (χ0n) is 16.4. The lowest BCUT2D eigenvalue weighted by atomic mass is 10.2. The first-order valence-electron chi connectivity index (χ1n) is 9.20. The van der Waals surface area contributed by atoms with Crippen molar-refractivity contribution >= 4 is 28.9 Å². The van der Waals surface area contributed by atoms with Gasteiger partial charge in [-0.15, -0.1) is 0 Å². The van der Waals surface area contributed by atoms with Gasteiger partial charge in [-0.1, -0.05) is 48.0 Å². The highest BCUT2D eigenvalue weighted by atomic mass is 35.5. The topological polar surface area (TPSA) is 59.6 Å². The van der Waals surface area contributed by atoms with Gasteiger partial charge in [-0.2, -0.15) is 0 Å². The van der Waals surface area contributed by atoms with E-state index < -0.39 is 0 Å². The van der Waals surface area contributed by atoms with Crippen LogP contribution in [0.4, 0.5) is 11.4 Å². The highest BCUT2D eigenvalue weighted by molar-refractivity contribution is 6.33. The van der Waals surface area contributed by atoms with Crippen LogP contribution in [0.2, 0.25) is 5.02 Å². The molecule has 3 aromatic carbocycles. The Kier molecular flexibility index (Phi) is 6.98. The average molecular weight is 411 g/mol. The van der Waals surface area contributed by atoms with Crippen molar-refractivity contribution in [1.82, 2.24) is 0 Å². The molecule has 5 nitrogen and oxygen atoms in total. The summed E-state index contributed by atoms with van der Waals surface area (Å²) < 4.78 is 10.9. The van der Waals surface area contributed by atoms with Gasteiger partial charge >= 0.3 is 0 Å². The Morgan fingerprint density at radius 1 is 1.00 bits per heavy atom. The number of ether oxygens (including phenoxy) is 2. The Morgan fingerprint density at radius 2 is 1.79 bits per heavy atom. The molecule has 0 spiro atoms. The molecule has 1 amide bonds. The molecule has 2 N–H and O–H groups in total. The minimum Gasteiger partial charge on any atom is -0.493 e. The largest absolute Gasteiger partial charge is 0.493 e. The highest BCUT2D eigenvalue weighted by Crippen LogP contribution is 2.28. The Morgan fingerprint density at radius 3 is 2.52 bits per heavy atom. The van der Waals surface area contributed by atoms with Crippen LogP contribution in [-0.2, 0) is 11.3 Å². The number of nitrogens with one attached hydrogen (secondary N) is 2. The molecule has 0 unspecified atom stereocenters. The molecule has 3 aromatic rings. The lowest BCUT2D eigenvalue weighted by Gasteiger charge is -2.13. The standard InChI is InChI=1S/C23H23ClN2O3/c1-16-8-11-21(22(12-16)28-2)29-15-23(27)26-18-9-10-20(19(24)13-18)25-14-17-6-4-3-5-7-17/h3-13,25H,14-15H2,1-2H3,(H,26,27). The van der Waals surface area contributed by atoms with Gasteiger partial charge in [0.1, 0.15) is 0 Å². The summed E-state index contributed by atoms with van der Waals surface area (Å²) in [6, 6.07) is 20.9. The maximum absolute atomic E-state index is 12.2. The van der Waals surface area contributed by atoms with Crippen LogP contribution in [0.15, 0.2) is 66.7 Å². The molecule has 6 heteroatoms. The SMILES string of the molecule is COc1cc(C)ccc1OCC(=O)Nc1ccc(NCc2ccccc2)c(Cl)c1. The van der Waals surface area contributed by atoms with Crippen molar-refractivity contribution in [3.63, 3.8) is 0 Å². The molecule has 0 atom stereocenters. The molecule has 0 radical (unpaired) electrons. The van der Waals surface area contributed by atoms with E-state index >= 15 is 0 Å². The highest BCUT2D eigenvalue weighted by Gasteiger charge is 2.09. The summed E-state index contributed by atoms with van der Waals surface area (Å²) in [5.41, 5.74) is 3.61. The molecule has 3 rings (SSSR count). The molecule has 150 valence electrons. The predicted molar refractivity (Wildman–Crippen MR) is 117 cm³/mol. The molecule has 0 aromatic heterocycles. The van der Waals surface area contributed by atoms with E-state index in [4.69, 9.17) is 21.1 Å². The number of hydrogen-bond acceptors (Lipinski definition) is 4. The van der Waals surface area contributed by atoms with Crippen molar-refractivity contribution in [1.29, 1.82) is 0 Å². The number of hydrogen-bond donors (Lipinski definition) is 2. The minimum atomic E-state index is -0.284. The molecule has 29 heavy (non-hydrogen) atoms. The van der Waals surface area contributed by atoms with Crippen LogP contribution in [0.1, 0.15) is 11.1 Å². The van der Waals surface area contributed by atoms with Crippen molar-refractivity contribution < 1.29 is 14.3 Å². The fraction of sp³-hybridized carbons (Fsp3) is 0.174. The molecule has 0 aliphatic carbocycles. The van der Waals surface area contributed by atoms with Gasteiger partial charge in [0.2, 0.25) is 0 Å². The zero-order chi connectivity index (χ0) is 20.6. The van der Waals surface area contributed by atoms with Crippen molar-refractivity contribution in [3.05, 3.63) is 82.9 Å². The van der Waals surface area contributed by atoms with Gasteiger partial charge in [0.15, 0.2) is 18.1 Å². The van der Waals surface area contributed by atoms with Crippen molar-refractivity contribution in [2.75, 3.05) is 24.4 Å². The number of benzene rings is 3. The number of aryl methyl sites for hydroxylation is 1. The van der Waals surface area contributed by atoms with Gasteiger partial charge in [-0.25, -0.2) is 0 Å². The van der Waals surface area contributed by atoms with Gasteiger partial charge in [0, 0.05) is 12.2 Å². The third kappa shape index (κ3) is 5.90. The average Bonchev–Trinajstić information content (AvgIpc) is 2.73. The molecule has 0 bridgehead atoms. The third-order valence-corrected chi connectivity index (χ3v) is 4.57. The van der Waals surface area contributed by atoms with Crippen LogP contribution in [0.25, 0.3) is 0 Å². The fourth-order valence-electron chi connectivity index (χ4n) is 2.76. The first-order chi connectivity index (χ1) is 14.0. The number of halogens is 1.